The molecule has 1 aromatic carbocycles. The Kier molecular flexibility index (Phi) is 1.70. The summed E-state index contributed by atoms with van der Waals surface area (Å²) in [5.41, 5.74) is 1.79. The zero-order valence-corrected chi connectivity index (χ0v) is 8.15. The quantitative estimate of drug-likeness (QED) is 0.682. The van der Waals surface area contributed by atoms with Crippen LogP contribution in [0.2, 0.25) is 0 Å². The highest BCUT2D eigenvalue weighted by molar-refractivity contribution is 5.70. The molecule has 0 heterocycles. The Morgan fingerprint density at radius 1 is 1.33 bits per heavy atom. The van der Waals surface area contributed by atoms with Crippen molar-refractivity contribution in [2.75, 3.05) is 0 Å². The molecule has 15 heavy (non-hydrogen) atoms. The molecule has 0 N–H and O–H groups in total. The van der Waals surface area contributed by atoms with Gasteiger partial charge < -0.3 is 0 Å². The molecule has 1 aromatic rings. The summed E-state index contributed by atoms with van der Waals surface area (Å²) >= 11 is 0. The minimum atomic E-state index is -0.154. The molecule has 1 saturated carbocycles. The van der Waals surface area contributed by atoms with Crippen molar-refractivity contribution >= 4 is 5.57 Å². The molecule has 2 aliphatic rings. The van der Waals surface area contributed by atoms with Crippen molar-refractivity contribution in [3.8, 4) is 6.07 Å². The molecule has 2 heteroatoms. The number of hydrogen-bond donors (Lipinski definition) is 0. The summed E-state index contributed by atoms with van der Waals surface area (Å²) < 4.78 is 13.5. The molecule has 0 spiro atoms. The fraction of sp³-hybridized carbons (Fsp3) is 0.308. The van der Waals surface area contributed by atoms with Crippen LogP contribution in [0.3, 0.4) is 0 Å². The summed E-state index contributed by atoms with van der Waals surface area (Å²) in [5.74, 6) is 0.897. The van der Waals surface area contributed by atoms with Gasteiger partial charge in [-0.05, 0) is 29.9 Å². The number of nitrogens with zero attached hydrogens (tertiary/aromatic N) is 1. The van der Waals surface area contributed by atoms with Crippen LogP contribution in [0.5, 0.6) is 0 Å². The van der Waals surface area contributed by atoms with E-state index < -0.39 is 0 Å². The van der Waals surface area contributed by atoms with E-state index in [0.29, 0.717) is 17.4 Å². The van der Waals surface area contributed by atoms with Crippen molar-refractivity contribution in [3.05, 3.63) is 41.7 Å². The summed E-state index contributed by atoms with van der Waals surface area (Å²) in [4.78, 5) is 0. The van der Waals surface area contributed by atoms with Crippen LogP contribution in [0.25, 0.3) is 5.57 Å². The topological polar surface area (TPSA) is 23.8 Å². The number of benzene rings is 1. The lowest BCUT2D eigenvalue weighted by Crippen LogP contribution is -1.90. The normalized spacial score (nSPS) is 31.7. The van der Waals surface area contributed by atoms with Crippen LogP contribution in [0, 0.1) is 34.9 Å². The molecule has 1 nitrogen and oxygen atoms in total. The van der Waals surface area contributed by atoms with Gasteiger partial charge in [0.05, 0.1) is 12.0 Å². The highest BCUT2D eigenvalue weighted by Gasteiger charge is 2.52. The van der Waals surface area contributed by atoms with Crippen molar-refractivity contribution in [2.24, 2.45) is 17.8 Å². The molecular weight excluding hydrogens is 189 g/mol. The molecular formula is C13H10FN. The predicted molar refractivity (Wildman–Crippen MR) is 55.1 cm³/mol. The molecule has 3 rings (SSSR count). The summed E-state index contributed by atoms with van der Waals surface area (Å²) in [5, 5.41) is 8.77. The Balaban J connectivity index is 1.91. The van der Waals surface area contributed by atoms with Crippen LogP contribution in [0.15, 0.2) is 30.3 Å². The zero-order valence-electron chi connectivity index (χ0n) is 8.15. The fourth-order valence-corrected chi connectivity index (χ4v) is 2.55. The largest absolute Gasteiger partial charge is 0.206 e. The first-order valence-electron chi connectivity index (χ1n) is 5.16. The van der Waals surface area contributed by atoms with E-state index >= 15 is 0 Å². The number of allylic oxidation sites excluding steroid dienone is 2. The lowest BCUT2D eigenvalue weighted by atomic mass is 10.0. The third kappa shape index (κ3) is 1.20. The molecule has 0 bridgehead atoms. The molecule has 3 unspecified atom stereocenters. The van der Waals surface area contributed by atoms with Gasteiger partial charge in [0.2, 0.25) is 0 Å². The van der Waals surface area contributed by atoms with E-state index in [2.05, 4.69) is 12.1 Å². The van der Waals surface area contributed by atoms with Crippen molar-refractivity contribution < 1.29 is 4.39 Å². The molecule has 0 aliphatic heterocycles. The van der Waals surface area contributed by atoms with Gasteiger partial charge in [-0.3, -0.25) is 0 Å². The number of halogens is 1. The Hall–Kier alpha value is -1.62. The average molecular weight is 199 g/mol. The molecule has 3 atom stereocenters. The molecule has 2 aliphatic carbocycles. The zero-order chi connectivity index (χ0) is 10.4. The third-order valence-electron chi connectivity index (χ3n) is 3.45. The lowest BCUT2D eigenvalue weighted by Gasteiger charge is -2.05. The van der Waals surface area contributed by atoms with E-state index in [9.17, 15) is 4.39 Å². The minimum absolute atomic E-state index is 0.154. The SMILES string of the molecule is N#CC1C2C=C(c3ccccc3F)CC12. The van der Waals surface area contributed by atoms with Crippen molar-refractivity contribution in [2.45, 2.75) is 6.42 Å². The van der Waals surface area contributed by atoms with E-state index in [-0.39, 0.29) is 11.7 Å². The van der Waals surface area contributed by atoms with Gasteiger partial charge in [0, 0.05) is 5.56 Å². The van der Waals surface area contributed by atoms with Crippen LogP contribution < -0.4 is 0 Å². The van der Waals surface area contributed by atoms with Crippen LogP contribution in [0.1, 0.15) is 12.0 Å². The highest BCUT2D eigenvalue weighted by atomic mass is 19.1. The summed E-state index contributed by atoms with van der Waals surface area (Å²) in [6.45, 7) is 0. The number of nitriles is 1. The molecule has 1 fully saturated rings. The van der Waals surface area contributed by atoms with Crippen LogP contribution in [-0.2, 0) is 0 Å². The molecule has 0 aromatic heterocycles. The first-order chi connectivity index (χ1) is 7.31. The van der Waals surface area contributed by atoms with Crippen molar-refractivity contribution in [1.82, 2.24) is 0 Å². The predicted octanol–water partition coefficient (Wildman–Crippen LogP) is 3.00. The van der Waals surface area contributed by atoms with Crippen molar-refractivity contribution in [1.29, 1.82) is 5.26 Å². The van der Waals surface area contributed by atoms with Crippen LogP contribution in [0.4, 0.5) is 4.39 Å². The fourth-order valence-electron chi connectivity index (χ4n) is 2.55. The van der Waals surface area contributed by atoms with Gasteiger partial charge >= 0.3 is 0 Å². The third-order valence-corrected chi connectivity index (χ3v) is 3.45. The standard InChI is InChI=1S/C13H10FN/c14-13-4-2-1-3-9(13)8-5-10-11(6-8)12(10)7-15/h1-5,10-12H,6H2. The smallest absolute Gasteiger partial charge is 0.130 e. The maximum atomic E-state index is 13.5. The van der Waals surface area contributed by atoms with Gasteiger partial charge in [0.15, 0.2) is 0 Å². The monoisotopic (exact) mass is 199 g/mol. The van der Waals surface area contributed by atoms with E-state index in [1.165, 1.54) is 6.07 Å². The number of rotatable bonds is 1. The summed E-state index contributed by atoms with van der Waals surface area (Å²) in [6.07, 6.45) is 2.95. The minimum Gasteiger partial charge on any atom is -0.206 e. The van der Waals surface area contributed by atoms with Crippen LogP contribution in [-0.4, -0.2) is 0 Å². The van der Waals surface area contributed by atoms with Gasteiger partial charge in [-0.25, -0.2) is 4.39 Å². The Morgan fingerprint density at radius 3 is 2.73 bits per heavy atom. The first kappa shape index (κ1) is 8.67. The Bertz CT molecular complexity index is 484. The van der Waals surface area contributed by atoms with Gasteiger partial charge in [-0.15, -0.1) is 0 Å². The van der Waals surface area contributed by atoms with Gasteiger partial charge in [-0.1, -0.05) is 24.3 Å². The van der Waals surface area contributed by atoms with Gasteiger partial charge in [0.1, 0.15) is 5.82 Å². The van der Waals surface area contributed by atoms with Crippen LogP contribution >= 0.6 is 0 Å². The van der Waals surface area contributed by atoms with E-state index in [1.54, 1.807) is 6.07 Å². The average Bonchev–Trinajstić information content (AvgIpc) is 2.72. The number of fused-ring (bicyclic) bond motifs is 1. The molecule has 0 radical (unpaired) electrons. The second kappa shape index (κ2) is 2.93. The second-order valence-corrected chi connectivity index (χ2v) is 4.27. The second-order valence-electron chi connectivity index (χ2n) is 4.27. The first-order valence-corrected chi connectivity index (χ1v) is 5.16. The van der Waals surface area contributed by atoms with E-state index in [1.807, 2.05) is 12.1 Å². The Morgan fingerprint density at radius 2 is 2.13 bits per heavy atom. The number of hydrogen-bond acceptors (Lipinski definition) is 1. The van der Waals surface area contributed by atoms with Crippen molar-refractivity contribution in [3.63, 3.8) is 0 Å². The lowest BCUT2D eigenvalue weighted by molar-refractivity contribution is 0.622. The van der Waals surface area contributed by atoms with Gasteiger partial charge in [0.25, 0.3) is 0 Å². The summed E-state index contributed by atoms with van der Waals surface area (Å²) in [6, 6.07) is 9.14. The summed E-state index contributed by atoms with van der Waals surface area (Å²) in [7, 11) is 0. The maximum Gasteiger partial charge on any atom is 0.130 e. The molecule has 74 valence electrons. The van der Waals surface area contributed by atoms with E-state index in [4.69, 9.17) is 5.26 Å². The molecule has 0 amide bonds. The highest BCUT2D eigenvalue weighted by Crippen LogP contribution is 2.57. The molecule has 0 saturated heterocycles. The maximum absolute atomic E-state index is 13.5. The Labute approximate surface area is 87.8 Å². The van der Waals surface area contributed by atoms with Gasteiger partial charge in [-0.2, -0.15) is 5.26 Å². The van der Waals surface area contributed by atoms with E-state index in [0.717, 1.165) is 12.0 Å².